The summed E-state index contributed by atoms with van der Waals surface area (Å²) >= 11 is 0. The highest BCUT2D eigenvalue weighted by molar-refractivity contribution is 4.84. The van der Waals surface area contributed by atoms with Gasteiger partial charge in [-0.05, 0) is 32.9 Å². The first-order chi connectivity index (χ1) is 6.83. The molecule has 14 heavy (non-hydrogen) atoms. The van der Waals surface area contributed by atoms with E-state index in [9.17, 15) is 0 Å². The molecule has 1 rings (SSSR count). The summed E-state index contributed by atoms with van der Waals surface area (Å²) < 4.78 is 0. The Kier molecular flexibility index (Phi) is 5.66. The fraction of sp³-hybridized carbons (Fsp3) is 0.833. The summed E-state index contributed by atoms with van der Waals surface area (Å²) in [6, 6.07) is 0.571. The Bertz CT molecular complexity index is 177. The van der Waals surface area contributed by atoms with E-state index >= 15 is 0 Å². The molecule has 1 fully saturated rings. The first-order valence-electron chi connectivity index (χ1n) is 5.72. The topological polar surface area (TPSA) is 15.3 Å². The van der Waals surface area contributed by atoms with Crippen LogP contribution in [0.4, 0.5) is 0 Å². The molecule has 0 bridgehead atoms. The number of piperidine rings is 1. The van der Waals surface area contributed by atoms with Gasteiger partial charge in [-0.1, -0.05) is 6.42 Å². The third-order valence-corrected chi connectivity index (χ3v) is 2.74. The van der Waals surface area contributed by atoms with Gasteiger partial charge in [0.25, 0.3) is 0 Å². The summed E-state index contributed by atoms with van der Waals surface area (Å²) in [6.45, 7) is 6.92. The van der Waals surface area contributed by atoms with E-state index in [4.69, 9.17) is 6.42 Å². The molecule has 1 N–H and O–H groups in total. The van der Waals surface area contributed by atoms with E-state index < -0.39 is 0 Å². The predicted molar refractivity (Wildman–Crippen MR) is 61.2 cm³/mol. The van der Waals surface area contributed by atoms with Crippen molar-refractivity contribution in [2.24, 2.45) is 0 Å². The highest BCUT2D eigenvalue weighted by Gasteiger charge is 2.12. The Morgan fingerprint density at radius 1 is 1.36 bits per heavy atom. The van der Waals surface area contributed by atoms with Gasteiger partial charge in [-0.25, -0.2) is 0 Å². The van der Waals surface area contributed by atoms with Crippen molar-refractivity contribution in [2.45, 2.75) is 38.6 Å². The van der Waals surface area contributed by atoms with E-state index in [-0.39, 0.29) is 0 Å². The molecular weight excluding hydrogens is 172 g/mol. The van der Waals surface area contributed by atoms with Crippen molar-refractivity contribution < 1.29 is 0 Å². The summed E-state index contributed by atoms with van der Waals surface area (Å²) in [5.41, 5.74) is 0. The molecule has 1 unspecified atom stereocenters. The number of hydrogen-bond donors (Lipinski definition) is 1. The lowest BCUT2D eigenvalue weighted by Crippen LogP contribution is -2.41. The van der Waals surface area contributed by atoms with Gasteiger partial charge in [0.1, 0.15) is 0 Å². The lowest BCUT2D eigenvalue weighted by molar-refractivity contribution is 0.209. The van der Waals surface area contributed by atoms with Crippen molar-refractivity contribution in [1.82, 2.24) is 10.2 Å². The minimum atomic E-state index is 0.571. The summed E-state index contributed by atoms with van der Waals surface area (Å²) in [5, 5.41) is 3.45. The molecule has 0 saturated carbocycles. The van der Waals surface area contributed by atoms with Gasteiger partial charge < -0.3 is 10.2 Å². The van der Waals surface area contributed by atoms with Crippen molar-refractivity contribution >= 4 is 0 Å². The van der Waals surface area contributed by atoms with Crippen LogP contribution in [0.1, 0.15) is 32.6 Å². The van der Waals surface area contributed by atoms with Crippen LogP contribution in [-0.4, -0.2) is 37.1 Å². The van der Waals surface area contributed by atoms with Crippen LogP contribution < -0.4 is 5.32 Å². The Labute approximate surface area is 88.1 Å². The molecule has 0 aromatic carbocycles. The van der Waals surface area contributed by atoms with Gasteiger partial charge in [0.15, 0.2) is 0 Å². The van der Waals surface area contributed by atoms with Crippen LogP contribution >= 0.6 is 0 Å². The fourth-order valence-corrected chi connectivity index (χ4v) is 1.98. The zero-order valence-corrected chi connectivity index (χ0v) is 9.26. The largest absolute Gasteiger partial charge is 0.312 e. The minimum Gasteiger partial charge on any atom is -0.312 e. The molecule has 0 radical (unpaired) electrons. The molecule has 1 aliphatic heterocycles. The highest BCUT2D eigenvalue weighted by Crippen LogP contribution is 2.08. The Balaban J connectivity index is 2.06. The molecule has 0 spiro atoms. The summed E-state index contributed by atoms with van der Waals surface area (Å²) in [5.74, 6) is 2.65. The number of nitrogens with one attached hydrogen (secondary N) is 1. The molecule has 1 aliphatic rings. The van der Waals surface area contributed by atoms with Crippen molar-refractivity contribution in [1.29, 1.82) is 0 Å². The van der Waals surface area contributed by atoms with Crippen LogP contribution in [0.15, 0.2) is 0 Å². The molecule has 1 atom stereocenters. The van der Waals surface area contributed by atoms with E-state index in [1.165, 1.54) is 38.9 Å². The summed E-state index contributed by atoms with van der Waals surface area (Å²) in [4.78, 5) is 2.55. The maximum absolute atomic E-state index is 5.20. The predicted octanol–water partition coefficient (Wildman–Crippen LogP) is 1.47. The Morgan fingerprint density at radius 3 is 2.71 bits per heavy atom. The lowest BCUT2D eigenvalue weighted by atomic mass is 10.1. The molecule has 1 saturated heterocycles. The van der Waals surface area contributed by atoms with Gasteiger partial charge in [0.2, 0.25) is 0 Å². The number of rotatable bonds is 5. The van der Waals surface area contributed by atoms with E-state index in [1.54, 1.807) is 0 Å². The van der Waals surface area contributed by atoms with Crippen LogP contribution in [0.5, 0.6) is 0 Å². The van der Waals surface area contributed by atoms with E-state index in [1.807, 2.05) is 0 Å². The standard InChI is InChI=1S/C12H22N2/c1-3-4-8-13-12(2)11-14-9-6-5-7-10-14/h1,12-13H,4-11H2,2H3. The molecule has 80 valence electrons. The zero-order valence-electron chi connectivity index (χ0n) is 9.26. The second kappa shape index (κ2) is 6.86. The van der Waals surface area contributed by atoms with E-state index in [2.05, 4.69) is 23.1 Å². The minimum absolute atomic E-state index is 0.571. The Hall–Kier alpha value is -0.520. The van der Waals surface area contributed by atoms with Crippen molar-refractivity contribution in [3.8, 4) is 12.3 Å². The number of nitrogens with zero attached hydrogens (tertiary/aromatic N) is 1. The molecule has 0 aromatic rings. The van der Waals surface area contributed by atoms with Crippen molar-refractivity contribution in [2.75, 3.05) is 26.2 Å². The highest BCUT2D eigenvalue weighted by atomic mass is 15.1. The van der Waals surface area contributed by atoms with Crippen LogP contribution in [-0.2, 0) is 0 Å². The molecule has 2 heteroatoms. The molecule has 0 aliphatic carbocycles. The molecular formula is C12H22N2. The van der Waals surface area contributed by atoms with Crippen LogP contribution in [0.2, 0.25) is 0 Å². The van der Waals surface area contributed by atoms with Gasteiger partial charge >= 0.3 is 0 Å². The normalized spacial score (nSPS) is 20.3. The van der Waals surface area contributed by atoms with Crippen LogP contribution in [0.3, 0.4) is 0 Å². The van der Waals surface area contributed by atoms with Crippen molar-refractivity contribution in [3.63, 3.8) is 0 Å². The van der Waals surface area contributed by atoms with Gasteiger partial charge in [-0.15, -0.1) is 12.3 Å². The smallest absolute Gasteiger partial charge is 0.0212 e. The number of terminal acetylenes is 1. The second-order valence-corrected chi connectivity index (χ2v) is 4.17. The molecule has 0 aromatic heterocycles. The summed E-state index contributed by atoms with van der Waals surface area (Å²) in [6.07, 6.45) is 10.2. The molecule has 0 amide bonds. The zero-order chi connectivity index (χ0) is 10.2. The fourth-order valence-electron chi connectivity index (χ4n) is 1.98. The number of likely N-dealkylation sites (tertiary alicyclic amines) is 1. The van der Waals surface area contributed by atoms with E-state index in [0.717, 1.165) is 13.0 Å². The quantitative estimate of drug-likeness (QED) is 0.527. The monoisotopic (exact) mass is 194 g/mol. The SMILES string of the molecule is C#CCCNC(C)CN1CCCCC1. The lowest BCUT2D eigenvalue weighted by Gasteiger charge is -2.29. The summed E-state index contributed by atoms with van der Waals surface area (Å²) in [7, 11) is 0. The average molecular weight is 194 g/mol. The van der Waals surface area contributed by atoms with Crippen molar-refractivity contribution in [3.05, 3.63) is 0 Å². The van der Waals surface area contributed by atoms with Gasteiger partial charge in [0, 0.05) is 25.6 Å². The van der Waals surface area contributed by atoms with Crippen LogP contribution in [0, 0.1) is 12.3 Å². The third-order valence-electron chi connectivity index (χ3n) is 2.74. The van der Waals surface area contributed by atoms with Gasteiger partial charge in [0.05, 0.1) is 0 Å². The van der Waals surface area contributed by atoms with Gasteiger partial charge in [-0.3, -0.25) is 0 Å². The number of hydrogen-bond acceptors (Lipinski definition) is 2. The average Bonchev–Trinajstić information content (AvgIpc) is 2.20. The first-order valence-corrected chi connectivity index (χ1v) is 5.72. The Morgan fingerprint density at radius 2 is 2.07 bits per heavy atom. The maximum atomic E-state index is 5.20. The molecule has 1 heterocycles. The van der Waals surface area contributed by atoms with Gasteiger partial charge in [-0.2, -0.15) is 0 Å². The second-order valence-electron chi connectivity index (χ2n) is 4.17. The third kappa shape index (κ3) is 4.64. The van der Waals surface area contributed by atoms with E-state index in [0.29, 0.717) is 6.04 Å². The van der Waals surface area contributed by atoms with Crippen LogP contribution in [0.25, 0.3) is 0 Å². The first kappa shape index (κ1) is 11.6. The molecule has 2 nitrogen and oxygen atoms in total. The maximum Gasteiger partial charge on any atom is 0.0212 e.